The highest BCUT2D eigenvalue weighted by Gasteiger charge is 2.28. The molecule has 3 rings (SSSR count). The van der Waals surface area contributed by atoms with Crippen molar-refractivity contribution >= 4 is 21.4 Å². The number of hydrogen-bond donors (Lipinski definition) is 0. The van der Waals surface area contributed by atoms with E-state index in [2.05, 4.69) is 30.3 Å². The second-order valence-electron chi connectivity index (χ2n) is 3.37. The van der Waals surface area contributed by atoms with E-state index >= 15 is 0 Å². The highest BCUT2D eigenvalue weighted by molar-refractivity contribution is 9.10. The van der Waals surface area contributed by atoms with Crippen molar-refractivity contribution in [3.63, 3.8) is 0 Å². The van der Waals surface area contributed by atoms with E-state index in [1.807, 2.05) is 12.4 Å². The molecule has 1 fully saturated rings. The van der Waals surface area contributed by atoms with Gasteiger partial charge in [0.15, 0.2) is 0 Å². The smallest absolute Gasteiger partial charge is 0.132 e. The Morgan fingerprint density at radius 2 is 2.31 bits per heavy atom. The zero-order valence-electron chi connectivity index (χ0n) is 6.94. The van der Waals surface area contributed by atoms with E-state index in [4.69, 9.17) is 0 Å². The third kappa shape index (κ3) is 1.09. The van der Waals surface area contributed by atoms with Crippen molar-refractivity contribution in [2.24, 2.45) is 0 Å². The molecule has 2 aromatic heterocycles. The standard InChI is InChI=1S/C9H8BrN3/c10-8-7-3-4-11-5-13(7)9(12-8)6-1-2-6/h3-6H,1-2H2. The van der Waals surface area contributed by atoms with Crippen molar-refractivity contribution in [1.82, 2.24) is 14.4 Å². The first kappa shape index (κ1) is 7.50. The molecule has 2 aromatic rings. The van der Waals surface area contributed by atoms with Gasteiger partial charge in [0.2, 0.25) is 0 Å². The van der Waals surface area contributed by atoms with E-state index in [0.29, 0.717) is 5.92 Å². The minimum atomic E-state index is 0.656. The van der Waals surface area contributed by atoms with E-state index in [9.17, 15) is 0 Å². The molecule has 0 spiro atoms. The number of fused-ring (bicyclic) bond motifs is 1. The van der Waals surface area contributed by atoms with Crippen LogP contribution in [0.5, 0.6) is 0 Å². The molecule has 1 aliphatic carbocycles. The average Bonchev–Trinajstić information content (AvgIpc) is 2.94. The molecule has 0 N–H and O–H groups in total. The number of hydrogen-bond acceptors (Lipinski definition) is 2. The maximum atomic E-state index is 4.49. The van der Waals surface area contributed by atoms with Gasteiger partial charge < -0.3 is 0 Å². The molecule has 1 aliphatic rings. The average molecular weight is 238 g/mol. The topological polar surface area (TPSA) is 30.2 Å². The summed E-state index contributed by atoms with van der Waals surface area (Å²) >= 11 is 3.45. The Morgan fingerprint density at radius 3 is 3.08 bits per heavy atom. The zero-order valence-corrected chi connectivity index (χ0v) is 8.53. The Hall–Kier alpha value is -0.900. The van der Waals surface area contributed by atoms with Crippen LogP contribution in [0.2, 0.25) is 0 Å². The van der Waals surface area contributed by atoms with Crippen LogP contribution in [0.1, 0.15) is 24.6 Å². The summed E-state index contributed by atoms with van der Waals surface area (Å²) in [6.45, 7) is 0. The van der Waals surface area contributed by atoms with Gasteiger partial charge in [-0.2, -0.15) is 0 Å². The molecule has 0 aliphatic heterocycles. The second kappa shape index (κ2) is 2.54. The molecule has 2 heterocycles. The van der Waals surface area contributed by atoms with Gasteiger partial charge in [-0.1, -0.05) is 0 Å². The van der Waals surface area contributed by atoms with Gasteiger partial charge >= 0.3 is 0 Å². The summed E-state index contributed by atoms with van der Waals surface area (Å²) in [4.78, 5) is 8.59. The van der Waals surface area contributed by atoms with Crippen LogP contribution in [0.15, 0.2) is 23.2 Å². The van der Waals surface area contributed by atoms with Gasteiger partial charge in [0.25, 0.3) is 0 Å². The molecule has 0 unspecified atom stereocenters. The van der Waals surface area contributed by atoms with Crippen LogP contribution in [-0.2, 0) is 0 Å². The zero-order chi connectivity index (χ0) is 8.84. The minimum Gasteiger partial charge on any atom is -0.286 e. The van der Waals surface area contributed by atoms with Crippen LogP contribution in [-0.4, -0.2) is 14.4 Å². The predicted molar refractivity (Wildman–Crippen MR) is 52.7 cm³/mol. The van der Waals surface area contributed by atoms with Crippen molar-refractivity contribution in [1.29, 1.82) is 0 Å². The normalized spacial score (nSPS) is 16.7. The lowest BCUT2D eigenvalue weighted by atomic mass is 10.4. The number of aromatic nitrogens is 3. The lowest BCUT2D eigenvalue weighted by Crippen LogP contribution is -1.91. The Bertz CT molecular complexity index is 459. The van der Waals surface area contributed by atoms with Gasteiger partial charge in [0.05, 0.1) is 5.52 Å². The van der Waals surface area contributed by atoms with Gasteiger partial charge in [0, 0.05) is 12.1 Å². The minimum absolute atomic E-state index is 0.656. The third-order valence-corrected chi connectivity index (χ3v) is 2.96. The lowest BCUT2D eigenvalue weighted by molar-refractivity contribution is 0.900. The maximum absolute atomic E-state index is 4.49. The Kier molecular flexibility index (Phi) is 1.47. The molecule has 0 radical (unpaired) electrons. The van der Waals surface area contributed by atoms with Crippen LogP contribution >= 0.6 is 15.9 Å². The van der Waals surface area contributed by atoms with E-state index in [0.717, 1.165) is 15.9 Å². The first-order chi connectivity index (χ1) is 6.36. The monoisotopic (exact) mass is 237 g/mol. The summed E-state index contributed by atoms with van der Waals surface area (Å²) in [5.74, 6) is 1.80. The molecule has 1 saturated carbocycles. The Labute approximate surface area is 83.9 Å². The molecule has 0 atom stereocenters. The quantitative estimate of drug-likeness (QED) is 0.763. The highest BCUT2D eigenvalue weighted by atomic mass is 79.9. The summed E-state index contributed by atoms with van der Waals surface area (Å²) in [6, 6.07) is 1.98. The fourth-order valence-corrected chi connectivity index (χ4v) is 2.06. The fraction of sp³-hybridized carbons (Fsp3) is 0.333. The van der Waals surface area contributed by atoms with Crippen molar-refractivity contribution in [3.8, 4) is 0 Å². The van der Waals surface area contributed by atoms with Gasteiger partial charge in [-0.15, -0.1) is 0 Å². The SMILES string of the molecule is Brc1nc(C2CC2)n2cnccc12. The van der Waals surface area contributed by atoms with Crippen molar-refractivity contribution in [3.05, 3.63) is 29.0 Å². The molecule has 3 nitrogen and oxygen atoms in total. The molecule has 4 heteroatoms. The van der Waals surface area contributed by atoms with E-state index in [1.54, 1.807) is 6.20 Å². The molecule has 66 valence electrons. The lowest BCUT2D eigenvalue weighted by Gasteiger charge is -1.95. The predicted octanol–water partition coefficient (Wildman–Crippen LogP) is 2.37. The second-order valence-corrected chi connectivity index (χ2v) is 4.12. The first-order valence-electron chi connectivity index (χ1n) is 4.34. The van der Waals surface area contributed by atoms with E-state index in [-0.39, 0.29) is 0 Å². The van der Waals surface area contributed by atoms with Crippen LogP contribution < -0.4 is 0 Å². The maximum Gasteiger partial charge on any atom is 0.132 e. The highest BCUT2D eigenvalue weighted by Crippen LogP contribution is 2.40. The molecular formula is C9H8BrN3. The van der Waals surface area contributed by atoms with Crippen LogP contribution in [0.25, 0.3) is 5.52 Å². The molecular weight excluding hydrogens is 230 g/mol. The fourth-order valence-electron chi connectivity index (χ4n) is 1.55. The number of halogens is 1. The third-order valence-electron chi connectivity index (χ3n) is 2.37. The van der Waals surface area contributed by atoms with Crippen LogP contribution in [0.3, 0.4) is 0 Å². The molecule has 0 bridgehead atoms. The van der Waals surface area contributed by atoms with E-state index in [1.165, 1.54) is 12.8 Å². The van der Waals surface area contributed by atoms with Crippen molar-refractivity contribution < 1.29 is 0 Å². The summed E-state index contributed by atoms with van der Waals surface area (Å²) in [6.07, 6.45) is 6.15. The first-order valence-corrected chi connectivity index (χ1v) is 5.13. The Balaban J connectivity index is 2.34. The summed E-state index contributed by atoms with van der Waals surface area (Å²) in [7, 11) is 0. The Morgan fingerprint density at radius 1 is 1.46 bits per heavy atom. The van der Waals surface area contributed by atoms with Crippen LogP contribution in [0, 0.1) is 0 Å². The van der Waals surface area contributed by atoms with Gasteiger partial charge in [-0.3, -0.25) is 4.40 Å². The largest absolute Gasteiger partial charge is 0.286 e. The molecule has 13 heavy (non-hydrogen) atoms. The number of rotatable bonds is 1. The van der Waals surface area contributed by atoms with Gasteiger partial charge in [-0.25, -0.2) is 9.97 Å². The summed E-state index contributed by atoms with van der Waals surface area (Å²) in [5.41, 5.74) is 1.11. The molecule has 0 aromatic carbocycles. The summed E-state index contributed by atoms with van der Waals surface area (Å²) in [5, 5.41) is 0. The van der Waals surface area contributed by atoms with Gasteiger partial charge in [-0.05, 0) is 34.8 Å². The van der Waals surface area contributed by atoms with Crippen molar-refractivity contribution in [2.75, 3.05) is 0 Å². The van der Waals surface area contributed by atoms with Crippen LogP contribution in [0.4, 0.5) is 0 Å². The van der Waals surface area contributed by atoms with Gasteiger partial charge in [0.1, 0.15) is 16.8 Å². The number of imidazole rings is 1. The molecule has 0 amide bonds. The summed E-state index contributed by atoms with van der Waals surface area (Å²) < 4.78 is 3.00. The molecule has 0 saturated heterocycles. The van der Waals surface area contributed by atoms with Crippen molar-refractivity contribution in [2.45, 2.75) is 18.8 Å². The van der Waals surface area contributed by atoms with E-state index < -0.39 is 0 Å². The number of nitrogens with zero attached hydrogens (tertiary/aromatic N) is 3.